The van der Waals surface area contributed by atoms with Gasteiger partial charge in [-0.25, -0.2) is 0 Å². The van der Waals surface area contributed by atoms with Crippen LogP contribution in [0.5, 0.6) is 0 Å². The van der Waals surface area contributed by atoms with Crippen LogP contribution in [0.25, 0.3) is 0 Å². The summed E-state index contributed by atoms with van der Waals surface area (Å²) in [6, 6.07) is 0.156. The Morgan fingerprint density at radius 1 is 1.33 bits per heavy atom. The van der Waals surface area contributed by atoms with Crippen molar-refractivity contribution in [3.63, 3.8) is 0 Å². The van der Waals surface area contributed by atoms with Gasteiger partial charge in [-0.2, -0.15) is 0 Å². The summed E-state index contributed by atoms with van der Waals surface area (Å²) in [5.41, 5.74) is 5.61. The van der Waals surface area contributed by atoms with Crippen LogP contribution in [0.15, 0.2) is 0 Å². The minimum Gasteiger partial charge on any atom is -0.335 e. The molecule has 1 unspecified atom stereocenters. The van der Waals surface area contributed by atoms with E-state index in [4.69, 9.17) is 5.73 Å². The molecule has 5 heteroatoms. The summed E-state index contributed by atoms with van der Waals surface area (Å²) in [5.74, 6) is 0.0390. The van der Waals surface area contributed by atoms with Gasteiger partial charge in [-0.3, -0.25) is 9.59 Å². The van der Waals surface area contributed by atoms with Crippen molar-refractivity contribution in [2.24, 2.45) is 5.73 Å². The van der Waals surface area contributed by atoms with E-state index < -0.39 is 0 Å². The van der Waals surface area contributed by atoms with Crippen molar-refractivity contribution in [2.75, 3.05) is 26.7 Å². The quantitative estimate of drug-likeness (QED) is 0.679. The molecule has 0 spiro atoms. The Balaban J connectivity index is 2.35. The van der Waals surface area contributed by atoms with Crippen molar-refractivity contribution in [1.29, 1.82) is 0 Å². The minimum atomic E-state index is 0.00963. The van der Waals surface area contributed by atoms with Crippen molar-refractivity contribution >= 4 is 11.8 Å². The van der Waals surface area contributed by atoms with Gasteiger partial charge in [0.25, 0.3) is 0 Å². The monoisotopic (exact) mass is 213 g/mol. The van der Waals surface area contributed by atoms with Crippen LogP contribution in [0.4, 0.5) is 0 Å². The van der Waals surface area contributed by atoms with E-state index in [0.29, 0.717) is 6.54 Å². The molecular weight excluding hydrogens is 194 g/mol. The summed E-state index contributed by atoms with van der Waals surface area (Å²) in [4.78, 5) is 26.0. The molecule has 15 heavy (non-hydrogen) atoms. The van der Waals surface area contributed by atoms with Crippen LogP contribution in [-0.4, -0.2) is 54.3 Å². The third-order valence-corrected chi connectivity index (χ3v) is 2.56. The second-order valence-electron chi connectivity index (χ2n) is 4.18. The molecule has 2 amide bonds. The predicted molar refractivity (Wildman–Crippen MR) is 57.1 cm³/mol. The zero-order valence-electron chi connectivity index (χ0n) is 9.40. The summed E-state index contributed by atoms with van der Waals surface area (Å²) in [5, 5.41) is 0. The number of rotatable bonds is 4. The summed E-state index contributed by atoms with van der Waals surface area (Å²) in [7, 11) is 1.65. The molecular formula is C10H19N3O2. The molecule has 1 fully saturated rings. The first-order valence-corrected chi connectivity index (χ1v) is 5.28. The van der Waals surface area contributed by atoms with Crippen LogP contribution in [0.1, 0.15) is 19.8 Å². The van der Waals surface area contributed by atoms with Gasteiger partial charge in [-0.15, -0.1) is 0 Å². The molecule has 1 atom stereocenters. The third kappa shape index (κ3) is 3.51. The van der Waals surface area contributed by atoms with Crippen LogP contribution in [0.2, 0.25) is 0 Å². The molecule has 0 bridgehead atoms. The van der Waals surface area contributed by atoms with Crippen molar-refractivity contribution in [2.45, 2.75) is 25.8 Å². The number of amides is 2. The number of hydrogen-bond acceptors (Lipinski definition) is 3. The zero-order valence-corrected chi connectivity index (χ0v) is 9.40. The van der Waals surface area contributed by atoms with E-state index in [-0.39, 0.29) is 30.9 Å². The van der Waals surface area contributed by atoms with Crippen LogP contribution in [0, 0.1) is 0 Å². The second-order valence-corrected chi connectivity index (χ2v) is 4.18. The van der Waals surface area contributed by atoms with E-state index >= 15 is 0 Å². The van der Waals surface area contributed by atoms with E-state index in [2.05, 4.69) is 0 Å². The maximum atomic E-state index is 11.5. The van der Waals surface area contributed by atoms with E-state index in [9.17, 15) is 9.59 Å². The molecule has 1 heterocycles. The molecule has 1 rings (SSSR count). The maximum Gasteiger partial charge on any atom is 0.242 e. The van der Waals surface area contributed by atoms with Crippen LogP contribution in [-0.2, 0) is 9.59 Å². The highest BCUT2D eigenvalue weighted by atomic mass is 16.2. The van der Waals surface area contributed by atoms with Crippen LogP contribution < -0.4 is 5.73 Å². The molecule has 86 valence electrons. The fourth-order valence-corrected chi connectivity index (χ4v) is 1.57. The van der Waals surface area contributed by atoms with Gasteiger partial charge in [0, 0.05) is 19.6 Å². The summed E-state index contributed by atoms with van der Waals surface area (Å²) in [6.07, 6.45) is 1.74. The Labute approximate surface area is 90.2 Å². The van der Waals surface area contributed by atoms with E-state index in [1.807, 2.05) is 6.92 Å². The highest BCUT2D eigenvalue weighted by Gasteiger charge is 2.26. The molecule has 0 aromatic rings. The topological polar surface area (TPSA) is 66.6 Å². The molecule has 0 aromatic heterocycles. The number of carbonyl (C=O) groups is 2. The number of nitrogens with two attached hydrogens (primary N) is 1. The second kappa shape index (κ2) is 5.11. The van der Waals surface area contributed by atoms with Gasteiger partial charge < -0.3 is 15.5 Å². The fourth-order valence-electron chi connectivity index (χ4n) is 1.57. The number of likely N-dealkylation sites (N-methyl/N-ethyl adjacent to an activating group) is 1. The average molecular weight is 213 g/mol. The average Bonchev–Trinajstić information content (AvgIpc) is 2.13. The lowest BCUT2D eigenvalue weighted by atomic mass is 10.2. The van der Waals surface area contributed by atoms with Crippen LogP contribution in [0.3, 0.4) is 0 Å². The Bertz CT molecular complexity index is 253. The van der Waals surface area contributed by atoms with Crippen molar-refractivity contribution in [3.05, 3.63) is 0 Å². The number of piperazine rings is 1. The van der Waals surface area contributed by atoms with Gasteiger partial charge in [-0.05, 0) is 19.8 Å². The molecule has 1 aliphatic heterocycles. The largest absolute Gasteiger partial charge is 0.335 e. The van der Waals surface area contributed by atoms with Gasteiger partial charge in [0.15, 0.2) is 0 Å². The Morgan fingerprint density at radius 2 is 2.00 bits per heavy atom. The lowest BCUT2D eigenvalue weighted by Gasteiger charge is -2.31. The number of hydrogen-bond donors (Lipinski definition) is 1. The van der Waals surface area contributed by atoms with Gasteiger partial charge in [0.2, 0.25) is 11.8 Å². The Hall–Kier alpha value is -1.10. The van der Waals surface area contributed by atoms with Crippen LogP contribution >= 0.6 is 0 Å². The summed E-state index contributed by atoms with van der Waals surface area (Å²) < 4.78 is 0. The lowest BCUT2D eigenvalue weighted by molar-refractivity contribution is -0.148. The van der Waals surface area contributed by atoms with Gasteiger partial charge in [-0.1, -0.05) is 0 Å². The van der Waals surface area contributed by atoms with Gasteiger partial charge >= 0.3 is 0 Å². The first-order valence-electron chi connectivity index (χ1n) is 5.28. The molecule has 1 saturated heterocycles. The predicted octanol–water partition coefficient (Wildman–Crippen LogP) is -0.586. The zero-order chi connectivity index (χ0) is 11.4. The number of carbonyl (C=O) groups excluding carboxylic acids is 2. The first-order chi connectivity index (χ1) is 7.00. The van der Waals surface area contributed by atoms with E-state index in [1.54, 1.807) is 11.9 Å². The molecule has 0 saturated carbocycles. The lowest BCUT2D eigenvalue weighted by Crippen LogP contribution is -2.52. The third-order valence-electron chi connectivity index (χ3n) is 2.56. The Kier molecular flexibility index (Phi) is 4.08. The fraction of sp³-hybridized carbons (Fsp3) is 0.800. The minimum absolute atomic E-state index is 0.00963. The van der Waals surface area contributed by atoms with E-state index in [0.717, 1.165) is 12.8 Å². The highest BCUT2D eigenvalue weighted by Crippen LogP contribution is 2.05. The SMILES string of the molecule is CC(N)CCCN1CC(=O)N(C)CC1=O. The molecule has 0 aromatic carbocycles. The van der Waals surface area contributed by atoms with Gasteiger partial charge in [0.05, 0.1) is 13.1 Å². The molecule has 2 N–H and O–H groups in total. The summed E-state index contributed by atoms with van der Waals surface area (Å²) in [6.45, 7) is 3.00. The highest BCUT2D eigenvalue weighted by molar-refractivity contribution is 5.92. The van der Waals surface area contributed by atoms with E-state index in [1.165, 1.54) is 4.90 Å². The molecule has 0 aliphatic carbocycles. The van der Waals surface area contributed by atoms with Crippen molar-refractivity contribution in [3.8, 4) is 0 Å². The first kappa shape index (κ1) is 12.0. The standard InChI is InChI=1S/C10H19N3O2/c1-8(11)4-3-5-13-7-9(14)12(2)6-10(13)15/h8H,3-7,11H2,1-2H3. The molecule has 5 nitrogen and oxygen atoms in total. The smallest absolute Gasteiger partial charge is 0.242 e. The van der Waals surface area contributed by atoms with Gasteiger partial charge in [0.1, 0.15) is 0 Å². The maximum absolute atomic E-state index is 11.5. The molecule has 1 aliphatic rings. The van der Waals surface area contributed by atoms with Crippen molar-refractivity contribution in [1.82, 2.24) is 9.80 Å². The Morgan fingerprint density at radius 3 is 2.60 bits per heavy atom. The van der Waals surface area contributed by atoms with Crippen molar-refractivity contribution < 1.29 is 9.59 Å². The number of nitrogens with zero attached hydrogens (tertiary/aromatic N) is 2. The summed E-state index contributed by atoms with van der Waals surface area (Å²) >= 11 is 0. The normalized spacial score (nSPS) is 19.7. The molecule has 0 radical (unpaired) electrons.